The van der Waals surface area contributed by atoms with Gasteiger partial charge in [-0.2, -0.15) is 0 Å². The molecular weight excluding hydrogens is 214 g/mol. The molecule has 2 rings (SSSR count). The Hall–Kier alpha value is -1.30. The number of benzene rings is 1. The lowest BCUT2D eigenvalue weighted by Crippen LogP contribution is -2.19. The summed E-state index contributed by atoms with van der Waals surface area (Å²) in [6.07, 6.45) is 6.16. The van der Waals surface area contributed by atoms with Crippen LogP contribution in [0, 0.1) is 12.3 Å². The first kappa shape index (κ1) is 11.2. The summed E-state index contributed by atoms with van der Waals surface area (Å²) in [6, 6.07) is 11.0. The second-order valence-corrected chi connectivity index (χ2v) is 4.82. The summed E-state index contributed by atoms with van der Waals surface area (Å²) in [7, 11) is 0. The molecule has 1 atom stereocenters. The van der Waals surface area contributed by atoms with Gasteiger partial charge in [-0.15, -0.1) is 23.7 Å². The van der Waals surface area contributed by atoms with E-state index in [-0.39, 0.29) is 0 Å². The Morgan fingerprint density at radius 3 is 2.94 bits per heavy atom. The molecule has 1 aromatic heterocycles. The van der Waals surface area contributed by atoms with E-state index in [1.54, 1.807) is 0 Å². The lowest BCUT2D eigenvalue weighted by molar-refractivity contribution is 0.574. The van der Waals surface area contributed by atoms with Crippen molar-refractivity contribution < 1.29 is 0 Å². The van der Waals surface area contributed by atoms with Gasteiger partial charge in [0.2, 0.25) is 0 Å². The molecule has 82 valence electrons. The molecule has 0 amide bonds. The maximum Gasteiger partial charge on any atom is 0.0525 e. The Morgan fingerprint density at radius 1 is 1.44 bits per heavy atom. The minimum atomic E-state index is 0.299. The van der Waals surface area contributed by atoms with E-state index < -0.39 is 0 Å². The van der Waals surface area contributed by atoms with Crippen molar-refractivity contribution in [3.05, 3.63) is 35.2 Å². The normalized spacial score (nSPS) is 12.5. The predicted octanol–water partition coefficient (Wildman–Crippen LogP) is 3.58. The van der Waals surface area contributed by atoms with E-state index in [0.717, 1.165) is 13.0 Å². The summed E-state index contributed by atoms with van der Waals surface area (Å²) in [5.41, 5.74) is 0. The van der Waals surface area contributed by atoms with Gasteiger partial charge < -0.3 is 5.32 Å². The second-order valence-electron chi connectivity index (χ2n) is 3.71. The molecule has 0 aliphatic rings. The molecule has 2 heteroatoms. The van der Waals surface area contributed by atoms with Crippen LogP contribution in [0.5, 0.6) is 0 Å². The first-order valence-corrected chi connectivity index (χ1v) is 6.32. The second kappa shape index (κ2) is 5.16. The minimum Gasteiger partial charge on any atom is -0.309 e. The Morgan fingerprint density at radius 2 is 2.25 bits per heavy atom. The highest BCUT2D eigenvalue weighted by molar-refractivity contribution is 7.19. The molecule has 2 aromatic rings. The molecular formula is C14H15NS. The highest BCUT2D eigenvalue weighted by Gasteiger charge is 2.11. The molecule has 1 nitrogen and oxygen atoms in total. The van der Waals surface area contributed by atoms with Crippen LogP contribution in [0.2, 0.25) is 0 Å². The number of terminal acetylenes is 1. The maximum atomic E-state index is 5.41. The van der Waals surface area contributed by atoms with E-state index in [0.29, 0.717) is 6.04 Å². The van der Waals surface area contributed by atoms with Crippen LogP contribution in [0.4, 0.5) is 0 Å². The average molecular weight is 229 g/mol. The van der Waals surface area contributed by atoms with Crippen molar-refractivity contribution in [1.82, 2.24) is 5.32 Å². The van der Waals surface area contributed by atoms with Crippen LogP contribution in [0.15, 0.2) is 30.3 Å². The maximum absolute atomic E-state index is 5.41. The zero-order valence-electron chi connectivity index (χ0n) is 9.36. The third-order valence-corrected chi connectivity index (χ3v) is 3.79. The molecule has 16 heavy (non-hydrogen) atoms. The highest BCUT2D eigenvalue weighted by Crippen LogP contribution is 2.30. The highest BCUT2D eigenvalue weighted by atomic mass is 32.1. The first-order chi connectivity index (χ1) is 7.85. The number of hydrogen-bond acceptors (Lipinski definition) is 2. The summed E-state index contributed by atoms with van der Waals surface area (Å²) in [4.78, 5) is 1.33. The van der Waals surface area contributed by atoms with Crippen LogP contribution in [-0.4, -0.2) is 6.54 Å². The Bertz CT molecular complexity index is 474. The molecule has 0 aliphatic heterocycles. The summed E-state index contributed by atoms with van der Waals surface area (Å²) < 4.78 is 1.33. The molecule has 0 fully saturated rings. The molecule has 0 saturated heterocycles. The van der Waals surface area contributed by atoms with Crippen molar-refractivity contribution in [2.24, 2.45) is 0 Å². The summed E-state index contributed by atoms with van der Waals surface area (Å²) in [5, 5.41) is 4.74. The van der Waals surface area contributed by atoms with Gasteiger partial charge >= 0.3 is 0 Å². The van der Waals surface area contributed by atoms with Crippen LogP contribution < -0.4 is 5.32 Å². The van der Waals surface area contributed by atoms with Gasteiger partial charge in [-0.25, -0.2) is 0 Å². The Labute approximate surface area is 100 Å². The summed E-state index contributed by atoms with van der Waals surface area (Å²) >= 11 is 1.83. The number of nitrogens with one attached hydrogen (secondary N) is 1. The van der Waals surface area contributed by atoms with Crippen LogP contribution >= 0.6 is 11.3 Å². The molecule has 0 radical (unpaired) electrons. The molecule has 1 unspecified atom stereocenters. The van der Waals surface area contributed by atoms with E-state index in [9.17, 15) is 0 Å². The van der Waals surface area contributed by atoms with Gasteiger partial charge in [-0.3, -0.25) is 0 Å². The van der Waals surface area contributed by atoms with E-state index in [1.165, 1.54) is 15.0 Å². The first-order valence-electron chi connectivity index (χ1n) is 5.50. The molecule has 0 saturated carbocycles. The van der Waals surface area contributed by atoms with Gasteiger partial charge in [0.1, 0.15) is 0 Å². The molecule has 0 aliphatic carbocycles. The van der Waals surface area contributed by atoms with Gasteiger partial charge in [-0.05, 0) is 24.1 Å². The van der Waals surface area contributed by atoms with Crippen molar-refractivity contribution in [2.45, 2.75) is 19.4 Å². The molecule has 1 heterocycles. The quantitative estimate of drug-likeness (QED) is 0.790. The lowest BCUT2D eigenvalue weighted by Gasteiger charge is -2.12. The van der Waals surface area contributed by atoms with Gasteiger partial charge in [0.15, 0.2) is 0 Å². The Balaban J connectivity index is 2.33. The van der Waals surface area contributed by atoms with Crippen LogP contribution in [0.25, 0.3) is 10.1 Å². The smallest absolute Gasteiger partial charge is 0.0525 e. The number of thiophene rings is 1. The largest absolute Gasteiger partial charge is 0.309 e. The van der Waals surface area contributed by atoms with Crippen molar-refractivity contribution >= 4 is 21.4 Å². The average Bonchev–Trinajstić information content (AvgIpc) is 2.72. The van der Waals surface area contributed by atoms with Crippen LogP contribution in [-0.2, 0) is 0 Å². The standard InChI is InChI=1S/C14H15NS/c1-3-7-12(15-4-2)14-10-11-8-5-6-9-13(11)16-14/h1,5-6,8-10,12,15H,4,7H2,2H3. The lowest BCUT2D eigenvalue weighted by atomic mass is 10.1. The van der Waals surface area contributed by atoms with E-state index >= 15 is 0 Å². The summed E-state index contributed by atoms with van der Waals surface area (Å²) in [6.45, 7) is 3.05. The van der Waals surface area contributed by atoms with E-state index in [4.69, 9.17) is 6.42 Å². The van der Waals surface area contributed by atoms with E-state index in [1.807, 2.05) is 11.3 Å². The minimum absolute atomic E-state index is 0.299. The van der Waals surface area contributed by atoms with Crippen molar-refractivity contribution in [2.75, 3.05) is 6.54 Å². The number of hydrogen-bond donors (Lipinski definition) is 1. The fourth-order valence-corrected chi connectivity index (χ4v) is 2.95. The number of rotatable bonds is 4. The van der Waals surface area contributed by atoms with Gasteiger partial charge in [0.05, 0.1) is 6.04 Å². The van der Waals surface area contributed by atoms with Crippen molar-refractivity contribution in [3.8, 4) is 12.3 Å². The van der Waals surface area contributed by atoms with Crippen LogP contribution in [0.3, 0.4) is 0 Å². The zero-order chi connectivity index (χ0) is 11.4. The summed E-state index contributed by atoms with van der Waals surface area (Å²) in [5.74, 6) is 2.74. The third-order valence-electron chi connectivity index (χ3n) is 2.56. The molecule has 1 aromatic carbocycles. The molecule has 0 spiro atoms. The topological polar surface area (TPSA) is 12.0 Å². The zero-order valence-corrected chi connectivity index (χ0v) is 10.2. The SMILES string of the molecule is C#CCC(NCC)c1cc2ccccc2s1. The van der Waals surface area contributed by atoms with Gasteiger partial charge in [0, 0.05) is 16.0 Å². The van der Waals surface area contributed by atoms with Gasteiger partial charge in [0.25, 0.3) is 0 Å². The van der Waals surface area contributed by atoms with E-state index in [2.05, 4.69) is 48.5 Å². The molecule has 1 N–H and O–H groups in total. The Kier molecular flexibility index (Phi) is 3.61. The van der Waals surface area contributed by atoms with Crippen molar-refractivity contribution in [3.63, 3.8) is 0 Å². The molecule has 0 bridgehead atoms. The predicted molar refractivity (Wildman–Crippen MR) is 71.7 cm³/mol. The fourth-order valence-electron chi connectivity index (χ4n) is 1.81. The van der Waals surface area contributed by atoms with Gasteiger partial charge in [-0.1, -0.05) is 25.1 Å². The number of fused-ring (bicyclic) bond motifs is 1. The van der Waals surface area contributed by atoms with Crippen molar-refractivity contribution in [1.29, 1.82) is 0 Å². The third kappa shape index (κ3) is 2.27. The van der Waals surface area contributed by atoms with Crippen LogP contribution in [0.1, 0.15) is 24.3 Å². The fraction of sp³-hybridized carbons (Fsp3) is 0.286. The monoisotopic (exact) mass is 229 g/mol.